The van der Waals surface area contributed by atoms with Crippen molar-refractivity contribution in [1.82, 2.24) is 5.32 Å². The largest absolute Gasteiger partial charge is 0.383 e. The molecular weight excluding hydrogens is 266 g/mol. The van der Waals surface area contributed by atoms with E-state index >= 15 is 0 Å². The van der Waals surface area contributed by atoms with Crippen LogP contribution in [0.3, 0.4) is 0 Å². The molecule has 1 aromatic carbocycles. The molecule has 0 bridgehead atoms. The summed E-state index contributed by atoms with van der Waals surface area (Å²) >= 11 is 0. The first kappa shape index (κ1) is 14.7. The van der Waals surface area contributed by atoms with Crippen LogP contribution >= 0.6 is 0 Å². The molecule has 0 aromatic heterocycles. The summed E-state index contributed by atoms with van der Waals surface area (Å²) in [4.78, 5) is 12.0. The summed E-state index contributed by atoms with van der Waals surface area (Å²) in [6, 6.07) is 2.04. The Labute approximate surface area is 116 Å². The number of rotatable bonds is 3. The zero-order valence-corrected chi connectivity index (χ0v) is 11.5. The molecule has 2 N–H and O–H groups in total. The van der Waals surface area contributed by atoms with Crippen LogP contribution in [-0.2, 0) is 4.74 Å². The first-order valence-corrected chi connectivity index (χ1v) is 6.60. The number of carbonyl (C=O) groups is 1. The van der Waals surface area contributed by atoms with E-state index in [2.05, 4.69) is 10.6 Å². The van der Waals surface area contributed by atoms with Gasteiger partial charge in [-0.25, -0.2) is 8.78 Å². The molecule has 0 radical (unpaired) electrons. The van der Waals surface area contributed by atoms with E-state index in [4.69, 9.17) is 4.74 Å². The molecule has 110 valence electrons. The van der Waals surface area contributed by atoms with Crippen molar-refractivity contribution in [3.8, 4) is 0 Å². The monoisotopic (exact) mass is 284 g/mol. The molecule has 2 atom stereocenters. The number of halogens is 2. The molecule has 0 saturated carbocycles. The van der Waals surface area contributed by atoms with Gasteiger partial charge in [0.25, 0.3) is 5.91 Å². The van der Waals surface area contributed by atoms with Crippen LogP contribution < -0.4 is 10.6 Å². The highest BCUT2D eigenvalue weighted by molar-refractivity contribution is 5.94. The maximum Gasteiger partial charge on any atom is 0.251 e. The summed E-state index contributed by atoms with van der Waals surface area (Å²) in [7, 11) is 1.42. The first-order chi connectivity index (χ1) is 9.51. The Morgan fingerprint density at radius 3 is 2.55 bits per heavy atom. The molecule has 6 heteroatoms. The summed E-state index contributed by atoms with van der Waals surface area (Å²) in [6.07, 6.45) is 1.48. The number of hydrogen-bond donors (Lipinski definition) is 2. The molecule has 20 heavy (non-hydrogen) atoms. The Morgan fingerprint density at radius 2 is 2.00 bits per heavy atom. The molecule has 4 nitrogen and oxygen atoms in total. The smallest absolute Gasteiger partial charge is 0.251 e. The van der Waals surface area contributed by atoms with E-state index in [1.807, 2.05) is 6.92 Å². The summed E-state index contributed by atoms with van der Waals surface area (Å²) in [5, 5.41) is 5.20. The van der Waals surface area contributed by atoms with Gasteiger partial charge < -0.3 is 15.4 Å². The van der Waals surface area contributed by atoms with Gasteiger partial charge in [-0.2, -0.15) is 0 Å². The molecule has 0 spiro atoms. The number of anilines is 1. The Balaban J connectivity index is 2.09. The van der Waals surface area contributed by atoms with E-state index in [1.54, 1.807) is 0 Å². The fraction of sp³-hybridized carbons (Fsp3) is 0.500. The van der Waals surface area contributed by atoms with Crippen LogP contribution in [0, 0.1) is 11.6 Å². The van der Waals surface area contributed by atoms with Gasteiger partial charge >= 0.3 is 0 Å². The summed E-state index contributed by atoms with van der Waals surface area (Å²) in [5.74, 6) is -2.03. The third-order valence-electron chi connectivity index (χ3n) is 3.37. The lowest BCUT2D eigenvalue weighted by atomic mass is 10.0. The van der Waals surface area contributed by atoms with Gasteiger partial charge in [-0.3, -0.25) is 4.79 Å². The molecule has 1 aliphatic heterocycles. The molecule has 1 aliphatic rings. The van der Waals surface area contributed by atoms with Gasteiger partial charge in [0, 0.05) is 25.3 Å². The van der Waals surface area contributed by atoms with Crippen molar-refractivity contribution < 1.29 is 18.3 Å². The van der Waals surface area contributed by atoms with Crippen molar-refractivity contribution in [3.63, 3.8) is 0 Å². The second-order valence-corrected chi connectivity index (χ2v) is 4.94. The highest BCUT2D eigenvalue weighted by Crippen LogP contribution is 2.21. The average molecular weight is 284 g/mol. The zero-order valence-electron chi connectivity index (χ0n) is 11.5. The standard InChI is InChI=1S/C14H18F2N2O2/c1-8-5-10(3-4-20-8)18-14(19)9-6-11(15)13(17-2)12(16)7-9/h6-8,10,17H,3-5H2,1-2H3,(H,18,19). The van der Waals surface area contributed by atoms with Gasteiger partial charge in [-0.15, -0.1) is 0 Å². The van der Waals surface area contributed by atoms with E-state index in [0.717, 1.165) is 12.1 Å². The van der Waals surface area contributed by atoms with Crippen molar-refractivity contribution in [3.05, 3.63) is 29.3 Å². The fourth-order valence-corrected chi connectivity index (χ4v) is 2.34. The molecule has 1 aromatic rings. The van der Waals surface area contributed by atoms with Crippen LogP contribution in [0.4, 0.5) is 14.5 Å². The average Bonchev–Trinajstić information content (AvgIpc) is 2.38. The minimum atomic E-state index is -0.780. The molecule has 1 fully saturated rings. The predicted octanol–water partition coefficient (Wildman–Crippen LogP) is 2.30. The normalized spacial score (nSPS) is 22.4. The number of benzene rings is 1. The van der Waals surface area contributed by atoms with Crippen LogP contribution in [0.5, 0.6) is 0 Å². The van der Waals surface area contributed by atoms with E-state index in [1.165, 1.54) is 7.05 Å². The minimum absolute atomic E-state index is 0.0156. The molecule has 1 saturated heterocycles. The van der Waals surface area contributed by atoms with Crippen molar-refractivity contribution in [2.75, 3.05) is 19.0 Å². The van der Waals surface area contributed by atoms with Crippen molar-refractivity contribution in [2.24, 2.45) is 0 Å². The predicted molar refractivity (Wildman–Crippen MR) is 71.8 cm³/mol. The first-order valence-electron chi connectivity index (χ1n) is 6.60. The molecule has 0 aliphatic carbocycles. The SMILES string of the molecule is CNc1c(F)cc(C(=O)NC2CCOC(C)C2)cc1F. The lowest BCUT2D eigenvalue weighted by Gasteiger charge is -2.28. The maximum absolute atomic E-state index is 13.6. The highest BCUT2D eigenvalue weighted by atomic mass is 19.1. The van der Waals surface area contributed by atoms with Crippen molar-refractivity contribution >= 4 is 11.6 Å². The molecule has 2 unspecified atom stereocenters. The third kappa shape index (κ3) is 3.25. The second kappa shape index (κ2) is 6.17. The Bertz CT molecular complexity index is 485. The van der Waals surface area contributed by atoms with Crippen LogP contribution in [0.1, 0.15) is 30.1 Å². The Morgan fingerprint density at radius 1 is 1.35 bits per heavy atom. The number of amides is 1. The molecule has 1 amide bonds. The maximum atomic E-state index is 13.6. The Hall–Kier alpha value is -1.69. The van der Waals surface area contributed by atoms with Gasteiger partial charge in [0.1, 0.15) is 17.3 Å². The van der Waals surface area contributed by atoms with Gasteiger partial charge in [0.05, 0.1) is 6.10 Å². The number of ether oxygens (including phenoxy) is 1. The number of nitrogens with one attached hydrogen (secondary N) is 2. The van der Waals surface area contributed by atoms with E-state index in [9.17, 15) is 13.6 Å². The zero-order chi connectivity index (χ0) is 14.7. The van der Waals surface area contributed by atoms with Gasteiger partial charge in [-0.05, 0) is 31.9 Å². The van der Waals surface area contributed by atoms with Gasteiger partial charge in [0.2, 0.25) is 0 Å². The topological polar surface area (TPSA) is 50.4 Å². The quantitative estimate of drug-likeness (QED) is 0.895. The third-order valence-corrected chi connectivity index (χ3v) is 3.37. The lowest BCUT2D eigenvalue weighted by Crippen LogP contribution is -2.41. The van der Waals surface area contributed by atoms with E-state index in [-0.39, 0.29) is 23.4 Å². The summed E-state index contributed by atoms with van der Waals surface area (Å²) < 4.78 is 32.6. The van der Waals surface area contributed by atoms with E-state index in [0.29, 0.717) is 19.4 Å². The van der Waals surface area contributed by atoms with Gasteiger partial charge in [0.15, 0.2) is 0 Å². The number of carbonyl (C=O) groups excluding carboxylic acids is 1. The highest BCUT2D eigenvalue weighted by Gasteiger charge is 2.22. The Kier molecular flexibility index (Phi) is 4.54. The van der Waals surface area contributed by atoms with Crippen molar-refractivity contribution in [2.45, 2.75) is 31.9 Å². The number of hydrogen-bond acceptors (Lipinski definition) is 3. The second-order valence-electron chi connectivity index (χ2n) is 4.94. The molecular formula is C14H18F2N2O2. The van der Waals surface area contributed by atoms with Crippen LogP contribution in [0.15, 0.2) is 12.1 Å². The fourth-order valence-electron chi connectivity index (χ4n) is 2.34. The van der Waals surface area contributed by atoms with Crippen LogP contribution in [0.25, 0.3) is 0 Å². The van der Waals surface area contributed by atoms with Crippen LogP contribution in [-0.4, -0.2) is 31.7 Å². The van der Waals surface area contributed by atoms with E-state index < -0.39 is 17.5 Å². The lowest BCUT2D eigenvalue weighted by molar-refractivity contribution is 0.0136. The molecule has 2 rings (SSSR count). The minimum Gasteiger partial charge on any atom is -0.383 e. The summed E-state index contributed by atoms with van der Waals surface area (Å²) in [5.41, 5.74) is -0.251. The molecule has 1 heterocycles. The van der Waals surface area contributed by atoms with Crippen LogP contribution in [0.2, 0.25) is 0 Å². The van der Waals surface area contributed by atoms with Crippen molar-refractivity contribution in [1.29, 1.82) is 0 Å². The van der Waals surface area contributed by atoms with Gasteiger partial charge in [-0.1, -0.05) is 0 Å². The summed E-state index contributed by atoms with van der Waals surface area (Å²) in [6.45, 7) is 2.51.